The third-order valence-corrected chi connectivity index (χ3v) is 12.3. The minimum Gasteiger partial charge on any atom is -0.453 e. The monoisotopic (exact) mass is 964 g/mol. The number of amidine groups is 1. The first-order valence-corrected chi connectivity index (χ1v) is 24.0. The topological polar surface area (TPSA) is 202 Å². The van der Waals surface area contributed by atoms with Crippen LogP contribution < -0.4 is 0 Å². The summed E-state index contributed by atoms with van der Waals surface area (Å²) in [4.78, 5) is 106. The number of cyclic esters (lactones) is 5. The number of ether oxygens (including phenoxy) is 4. The van der Waals surface area contributed by atoms with E-state index in [4.69, 9.17) is 18.9 Å². The lowest BCUT2D eigenvalue weighted by Crippen LogP contribution is -2.55. The number of carbonyl (C=O) groups is 7. The molecule has 2 aromatic carbocycles. The predicted octanol–water partition coefficient (Wildman–Crippen LogP) is 5.93. The Balaban J connectivity index is 2.28. The van der Waals surface area contributed by atoms with E-state index >= 15 is 0 Å². The van der Waals surface area contributed by atoms with E-state index in [1.165, 1.54) is 44.8 Å². The van der Waals surface area contributed by atoms with Crippen molar-refractivity contribution in [2.45, 2.75) is 156 Å². The van der Waals surface area contributed by atoms with Crippen molar-refractivity contribution in [3.8, 4) is 0 Å². The van der Waals surface area contributed by atoms with Gasteiger partial charge in [-0.15, -0.1) is 0 Å². The number of hydrogen-bond donors (Lipinski definition) is 1. The van der Waals surface area contributed by atoms with Gasteiger partial charge in [0.1, 0.15) is 30.2 Å². The van der Waals surface area contributed by atoms with Gasteiger partial charge < -0.3 is 38.9 Å². The second-order valence-electron chi connectivity index (χ2n) is 19.9. The van der Waals surface area contributed by atoms with Crippen LogP contribution in [0.1, 0.15) is 106 Å². The number of likely N-dealkylation sites (N-methyl/N-ethyl adjacent to an activating group) is 4. The maximum absolute atomic E-state index is 14.7. The number of nitrogens with zero attached hydrogens (tertiary/aromatic N) is 5. The van der Waals surface area contributed by atoms with Crippen molar-refractivity contribution in [1.82, 2.24) is 19.6 Å². The summed E-state index contributed by atoms with van der Waals surface area (Å²) < 4.78 is 23.6. The average molecular weight is 964 g/mol. The lowest BCUT2D eigenvalue weighted by molar-refractivity contribution is -0.174. The minimum atomic E-state index is -1.46. The molecule has 1 heterocycles. The van der Waals surface area contributed by atoms with Crippen LogP contribution in [0.25, 0.3) is 0 Å². The fourth-order valence-electron chi connectivity index (χ4n) is 8.39. The van der Waals surface area contributed by atoms with E-state index in [0.29, 0.717) is 11.1 Å². The molecule has 17 heteroatoms. The van der Waals surface area contributed by atoms with E-state index in [1.54, 1.807) is 61.6 Å². The van der Waals surface area contributed by atoms with Gasteiger partial charge in [-0.3, -0.25) is 19.3 Å². The molecule has 2 aromatic rings. The van der Waals surface area contributed by atoms with E-state index in [1.807, 2.05) is 61.5 Å². The number of esters is 5. The van der Waals surface area contributed by atoms with Crippen LogP contribution in [0, 0.1) is 23.7 Å². The molecule has 0 radical (unpaired) electrons. The lowest BCUT2D eigenvalue weighted by atomic mass is 9.98. The highest BCUT2D eigenvalue weighted by Gasteiger charge is 2.43. The van der Waals surface area contributed by atoms with Gasteiger partial charge in [0.2, 0.25) is 0 Å². The van der Waals surface area contributed by atoms with Crippen molar-refractivity contribution in [2.24, 2.45) is 28.8 Å². The van der Waals surface area contributed by atoms with Crippen LogP contribution in [-0.2, 0) is 65.4 Å². The third-order valence-electron chi connectivity index (χ3n) is 12.3. The van der Waals surface area contributed by atoms with Crippen LogP contribution in [0.4, 0.5) is 0 Å². The van der Waals surface area contributed by atoms with Crippen LogP contribution >= 0.6 is 0 Å². The normalized spacial score (nSPS) is 25.9. The van der Waals surface area contributed by atoms with Crippen LogP contribution in [0.15, 0.2) is 65.8 Å². The molecule has 1 aliphatic heterocycles. The van der Waals surface area contributed by atoms with Crippen molar-refractivity contribution in [2.75, 3.05) is 28.2 Å². The Labute approximate surface area is 408 Å². The maximum Gasteiger partial charge on any atom is 0.336 e. The molecular weight excluding hydrogens is 887 g/mol. The molecule has 0 spiro atoms. The molecule has 0 aromatic heterocycles. The second kappa shape index (κ2) is 26.8. The van der Waals surface area contributed by atoms with Crippen LogP contribution in [0.3, 0.4) is 0 Å². The first-order chi connectivity index (χ1) is 32.4. The van der Waals surface area contributed by atoms with Crippen LogP contribution in [0.2, 0.25) is 0 Å². The smallest absolute Gasteiger partial charge is 0.336 e. The summed E-state index contributed by atoms with van der Waals surface area (Å²) in [6.07, 6.45) is -3.73. The molecule has 1 aliphatic rings. The zero-order valence-electron chi connectivity index (χ0n) is 43.1. The van der Waals surface area contributed by atoms with Crippen molar-refractivity contribution in [1.29, 1.82) is 0 Å². The van der Waals surface area contributed by atoms with Crippen molar-refractivity contribution in [3.05, 3.63) is 71.8 Å². The summed E-state index contributed by atoms with van der Waals surface area (Å²) in [5, 5.41) is 14.0. The summed E-state index contributed by atoms with van der Waals surface area (Å²) in [6, 6.07) is 11.8. The van der Waals surface area contributed by atoms with E-state index in [-0.39, 0.29) is 68.0 Å². The SMILES string of the molecule is CC(C)C[C@@H]1C(=O)OC(=O)[C@@H](Cc2ccccc2)N(C)[C@H](CC(C)C)C(=O)O[C@@H](C)/C(=N/O)N(C)[C@H](CC(C)C)C(=O)O[C@@H](Cc2ccccc2)C(=O)N(C)[C@H](CC(C)C)C(=O)O[C@@H](C)C(=O)N1C. The van der Waals surface area contributed by atoms with Gasteiger partial charge in [-0.1, -0.05) is 121 Å². The number of carbonyl (C=O) groups excluding carboxylic acids is 7. The fourth-order valence-corrected chi connectivity index (χ4v) is 8.39. The summed E-state index contributed by atoms with van der Waals surface area (Å²) >= 11 is 0. The molecule has 382 valence electrons. The lowest BCUT2D eigenvalue weighted by Gasteiger charge is -2.36. The summed E-state index contributed by atoms with van der Waals surface area (Å²) in [5.41, 5.74) is 1.36. The Kier molecular flexibility index (Phi) is 22.3. The second-order valence-corrected chi connectivity index (χ2v) is 19.9. The van der Waals surface area contributed by atoms with Gasteiger partial charge in [0.15, 0.2) is 24.1 Å². The first-order valence-electron chi connectivity index (χ1n) is 24.0. The van der Waals surface area contributed by atoms with Gasteiger partial charge in [-0.25, -0.2) is 19.2 Å². The Bertz CT molecular complexity index is 2060. The highest BCUT2D eigenvalue weighted by Crippen LogP contribution is 2.24. The molecule has 8 atom stereocenters. The van der Waals surface area contributed by atoms with Gasteiger partial charge in [0.05, 0.1) is 0 Å². The van der Waals surface area contributed by atoms with Gasteiger partial charge in [0.25, 0.3) is 11.8 Å². The third kappa shape index (κ3) is 16.7. The minimum absolute atomic E-state index is 0.0162. The van der Waals surface area contributed by atoms with Gasteiger partial charge in [-0.2, -0.15) is 0 Å². The van der Waals surface area contributed by atoms with E-state index in [2.05, 4.69) is 5.16 Å². The Morgan fingerprint density at radius 1 is 0.478 bits per heavy atom. The molecule has 0 aliphatic carbocycles. The largest absolute Gasteiger partial charge is 0.453 e. The Morgan fingerprint density at radius 3 is 1.33 bits per heavy atom. The molecule has 69 heavy (non-hydrogen) atoms. The predicted molar refractivity (Wildman–Crippen MR) is 259 cm³/mol. The zero-order valence-corrected chi connectivity index (χ0v) is 43.1. The molecule has 1 fully saturated rings. The van der Waals surface area contributed by atoms with Crippen molar-refractivity contribution < 1.29 is 57.7 Å². The first kappa shape index (κ1) is 57.5. The highest BCUT2D eigenvalue weighted by molar-refractivity contribution is 5.96. The zero-order chi connectivity index (χ0) is 51.9. The maximum atomic E-state index is 14.7. The summed E-state index contributed by atoms with van der Waals surface area (Å²) in [5.74, 6) is -6.81. The van der Waals surface area contributed by atoms with Crippen molar-refractivity contribution >= 4 is 47.5 Å². The van der Waals surface area contributed by atoms with E-state index < -0.39 is 90.2 Å². The fraction of sp³-hybridized carbons (Fsp3) is 0.615. The standard InChI is InChI=1S/C52H77N5O12/c1-31(2)25-39-48(60)66-35(9)45(53-65)55(12)40(26-32(3)4)50(62)68-44(30-38-23-19-16-20-24-38)47(59)57(14)41(27-33(5)6)49(61)67-36(10)46(58)56(13)42(28-34(7)8)51(63)69-52(64)43(54(39)11)29-37-21-17-15-18-22-37/h15-24,31-36,39-44,65H,25-30H2,1-14H3/b53-45-/t35-,36-,39+,40+,41+,42+,43+,44-/m0/s1. The number of benzene rings is 2. The molecule has 2 amide bonds. The van der Waals surface area contributed by atoms with E-state index in [9.17, 15) is 38.8 Å². The Morgan fingerprint density at radius 2 is 0.855 bits per heavy atom. The number of hydrogen-bond acceptors (Lipinski definition) is 14. The van der Waals surface area contributed by atoms with Crippen molar-refractivity contribution in [3.63, 3.8) is 0 Å². The molecule has 3 rings (SSSR count). The summed E-state index contributed by atoms with van der Waals surface area (Å²) in [7, 11) is 5.80. The molecule has 0 unspecified atom stereocenters. The summed E-state index contributed by atoms with van der Waals surface area (Å²) in [6.45, 7) is 17.7. The molecule has 0 bridgehead atoms. The molecule has 1 N–H and O–H groups in total. The highest BCUT2D eigenvalue weighted by atomic mass is 16.6. The van der Waals surface area contributed by atoms with Gasteiger partial charge >= 0.3 is 29.8 Å². The number of amides is 2. The van der Waals surface area contributed by atoms with Crippen LogP contribution in [0.5, 0.6) is 0 Å². The molecule has 1 saturated heterocycles. The van der Waals surface area contributed by atoms with Gasteiger partial charge in [0, 0.05) is 27.6 Å². The van der Waals surface area contributed by atoms with Gasteiger partial charge in [-0.05, 0) is 87.8 Å². The average Bonchev–Trinajstić information content (AvgIpc) is 3.28. The number of oxime groups is 1. The molecule has 17 nitrogen and oxygen atoms in total. The van der Waals surface area contributed by atoms with Crippen LogP contribution in [-0.4, -0.2) is 149 Å². The molecular formula is C52H77N5O12. The molecule has 0 saturated carbocycles. The number of rotatable bonds is 12. The quantitative estimate of drug-likeness (QED) is 0.0863. The van der Waals surface area contributed by atoms with E-state index in [0.717, 1.165) is 9.80 Å². The Hall–Kier alpha value is -5.84.